The van der Waals surface area contributed by atoms with Crippen LogP contribution in [0.4, 0.5) is 5.69 Å². The monoisotopic (exact) mass is 764 g/mol. The molecule has 13 aromatic rings. The Hall–Kier alpha value is -8.33. The summed E-state index contributed by atoms with van der Waals surface area (Å²) < 4.78 is 14.1. The van der Waals surface area contributed by atoms with Crippen LogP contribution < -0.4 is 0 Å². The van der Waals surface area contributed by atoms with E-state index in [1.54, 1.807) is 0 Å². The quantitative estimate of drug-likeness (QED) is 0.164. The van der Waals surface area contributed by atoms with Crippen LogP contribution in [0.2, 0.25) is 0 Å². The molecule has 0 N–H and O–H groups in total. The highest BCUT2D eigenvalue weighted by Gasteiger charge is 2.22. The Kier molecular flexibility index (Phi) is 6.73. The third-order valence-corrected chi connectivity index (χ3v) is 12.4. The first-order chi connectivity index (χ1) is 29.7. The minimum absolute atomic E-state index is 0.623. The first-order valence-corrected chi connectivity index (χ1v) is 20.2. The van der Waals surface area contributed by atoms with Crippen molar-refractivity contribution < 1.29 is 4.42 Å². The van der Waals surface area contributed by atoms with E-state index in [4.69, 9.17) is 11.0 Å². The van der Waals surface area contributed by atoms with Gasteiger partial charge in [-0.05, 0) is 95.4 Å². The second-order valence-corrected chi connectivity index (χ2v) is 15.6. The normalized spacial score (nSPS) is 12.0. The summed E-state index contributed by atoms with van der Waals surface area (Å²) in [4.78, 5) is 3.82. The first kappa shape index (κ1) is 32.7. The number of aromatic nitrogens is 3. The predicted molar refractivity (Wildman–Crippen MR) is 248 cm³/mol. The molecule has 4 aromatic heterocycles. The van der Waals surface area contributed by atoms with Crippen LogP contribution >= 0.6 is 0 Å². The standard InChI is InChI=1S/C55H32N4O/c1-56-36-24-27-52-44(30-36)43-29-35(34-13-3-2-4-14-34)23-26-51(43)57(52)37-25-28-54-45(31-37)46-32-38(58-47-19-9-5-15-39(47)40-16-6-10-20-48(40)58)33-53(55(46)60-54)59-49-21-11-7-17-41(49)42-18-8-12-22-50(42)59/h2-33H. The van der Waals surface area contributed by atoms with Gasteiger partial charge in [0.2, 0.25) is 0 Å². The molecule has 4 heterocycles. The highest BCUT2D eigenvalue weighted by molar-refractivity contribution is 6.16. The Labute approximate surface area is 343 Å². The molecule has 0 aliphatic heterocycles. The second-order valence-electron chi connectivity index (χ2n) is 15.6. The summed E-state index contributed by atoms with van der Waals surface area (Å²) in [7, 11) is 0. The fourth-order valence-corrected chi connectivity index (χ4v) is 9.82. The molecule has 5 nitrogen and oxygen atoms in total. The minimum atomic E-state index is 0.623. The molecular weight excluding hydrogens is 733 g/mol. The molecule has 0 aliphatic rings. The summed E-state index contributed by atoms with van der Waals surface area (Å²) in [5, 5.41) is 9.05. The Bertz CT molecular complexity index is 3860. The molecule has 0 atom stereocenters. The molecule has 13 rings (SSSR count). The fourth-order valence-electron chi connectivity index (χ4n) is 9.82. The third kappa shape index (κ3) is 4.56. The Morgan fingerprint density at radius 1 is 0.350 bits per heavy atom. The molecule has 0 aliphatic carbocycles. The molecule has 0 radical (unpaired) electrons. The molecule has 0 saturated carbocycles. The molecule has 0 amide bonds. The lowest BCUT2D eigenvalue weighted by Gasteiger charge is -2.14. The zero-order valence-electron chi connectivity index (χ0n) is 32.2. The van der Waals surface area contributed by atoms with E-state index in [0.29, 0.717) is 5.69 Å². The van der Waals surface area contributed by atoms with Gasteiger partial charge in [-0.25, -0.2) is 4.85 Å². The van der Waals surface area contributed by atoms with Crippen molar-refractivity contribution >= 4 is 93.0 Å². The van der Waals surface area contributed by atoms with Crippen molar-refractivity contribution in [3.63, 3.8) is 0 Å². The Morgan fingerprint density at radius 2 is 0.867 bits per heavy atom. The molecule has 0 spiro atoms. The maximum Gasteiger partial charge on any atom is 0.188 e. The molecule has 0 fully saturated rings. The molecular formula is C55H32N4O. The largest absolute Gasteiger partial charge is 0.454 e. The average molecular weight is 765 g/mol. The smallest absolute Gasteiger partial charge is 0.188 e. The zero-order chi connectivity index (χ0) is 39.5. The number of nitrogens with zero attached hydrogens (tertiary/aromatic N) is 4. The molecule has 0 bridgehead atoms. The fraction of sp³-hybridized carbons (Fsp3) is 0. The second kappa shape index (κ2) is 12.3. The van der Waals surface area contributed by atoms with E-state index in [0.717, 1.165) is 94.0 Å². The molecule has 5 heteroatoms. The average Bonchev–Trinajstić information content (AvgIpc) is 4.05. The first-order valence-electron chi connectivity index (χ1n) is 20.2. The number of para-hydroxylation sites is 4. The van der Waals surface area contributed by atoms with Crippen molar-refractivity contribution in [2.24, 2.45) is 0 Å². The van der Waals surface area contributed by atoms with Crippen LogP contribution in [0, 0.1) is 6.57 Å². The van der Waals surface area contributed by atoms with Gasteiger partial charge in [-0.15, -0.1) is 0 Å². The summed E-state index contributed by atoms with van der Waals surface area (Å²) in [5.41, 5.74) is 14.3. The number of rotatable bonds is 4. The maximum absolute atomic E-state index is 7.84. The van der Waals surface area contributed by atoms with Crippen LogP contribution in [0.3, 0.4) is 0 Å². The Balaban J connectivity index is 1.13. The number of benzene rings is 9. The molecule has 0 unspecified atom stereocenters. The molecule has 60 heavy (non-hydrogen) atoms. The minimum Gasteiger partial charge on any atom is -0.454 e. The van der Waals surface area contributed by atoms with E-state index in [9.17, 15) is 0 Å². The summed E-state index contributed by atoms with van der Waals surface area (Å²) in [6, 6.07) is 69.0. The van der Waals surface area contributed by atoms with Crippen LogP contribution in [-0.2, 0) is 0 Å². The van der Waals surface area contributed by atoms with E-state index >= 15 is 0 Å². The van der Waals surface area contributed by atoms with Gasteiger partial charge < -0.3 is 18.1 Å². The zero-order valence-corrected chi connectivity index (χ0v) is 32.2. The van der Waals surface area contributed by atoms with Crippen LogP contribution in [-0.4, -0.2) is 13.7 Å². The summed E-state index contributed by atoms with van der Waals surface area (Å²) in [6.07, 6.45) is 0. The van der Waals surface area contributed by atoms with Crippen LogP contribution in [0.5, 0.6) is 0 Å². The van der Waals surface area contributed by atoms with Gasteiger partial charge in [0, 0.05) is 49.1 Å². The highest BCUT2D eigenvalue weighted by atomic mass is 16.3. The third-order valence-electron chi connectivity index (χ3n) is 12.4. The van der Waals surface area contributed by atoms with Gasteiger partial charge in [0.15, 0.2) is 11.3 Å². The van der Waals surface area contributed by atoms with E-state index in [-0.39, 0.29) is 0 Å². The van der Waals surface area contributed by atoms with Crippen molar-refractivity contribution in [1.82, 2.24) is 13.7 Å². The van der Waals surface area contributed by atoms with Crippen molar-refractivity contribution in [1.29, 1.82) is 0 Å². The molecule has 9 aromatic carbocycles. The number of hydrogen-bond acceptors (Lipinski definition) is 1. The van der Waals surface area contributed by atoms with Gasteiger partial charge in [-0.2, -0.15) is 0 Å². The van der Waals surface area contributed by atoms with E-state index in [1.165, 1.54) is 21.5 Å². The van der Waals surface area contributed by atoms with Crippen LogP contribution in [0.1, 0.15) is 0 Å². The Morgan fingerprint density at radius 3 is 1.50 bits per heavy atom. The van der Waals surface area contributed by atoms with E-state index in [1.807, 2.05) is 18.2 Å². The lowest BCUT2D eigenvalue weighted by molar-refractivity contribution is 0.666. The van der Waals surface area contributed by atoms with Crippen LogP contribution in [0.25, 0.3) is 120 Å². The maximum atomic E-state index is 7.84. The van der Waals surface area contributed by atoms with Gasteiger partial charge in [-0.1, -0.05) is 115 Å². The van der Waals surface area contributed by atoms with Crippen molar-refractivity contribution in [3.8, 4) is 28.2 Å². The summed E-state index contributed by atoms with van der Waals surface area (Å²) >= 11 is 0. The van der Waals surface area contributed by atoms with Gasteiger partial charge in [0.25, 0.3) is 0 Å². The highest BCUT2D eigenvalue weighted by Crippen LogP contribution is 2.43. The van der Waals surface area contributed by atoms with Gasteiger partial charge in [0.05, 0.1) is 45.4 Å². The van der Waals surface area contributed by atoms with E-state index in [2.05, 4.69) is 194 Å². The van der Waals surface area contributed by atoms with E-state index < -0.39 is 0 Å². The van der Waals surface area contributed by atoms with Crippen molar-refractivity contribution in [2.45, 2.75) is 0 Å². The van der Waals surface area contributed by atoms with Gasteiger partial charge in [0.1, 0.15) is 5.58 Å². The SMILES string of the molecule is [C-]#[N+]c1ccc2c(c1)c1cc(-c3ccccc3)ccc1n2-c1ccc2oc3c(-n4c5ccccc5c5ccccc54)cc(-n4c5ccccc5c5ccccc54)cc3c2c1. The lowest BCUT2D eigenvalue weighted by Crippen LogP contribution is -1.99. The summed E-state index contributed by atoms with van der Waals surface area (Å²) in [6.45, 7) is 7.84. The summed E-state index contributed by atoms with van der Waals surface area (Å²) in [5.74, 6) is 0. The number of fused-ring (bicyclic) bond motifs is 12. The van der Waals surface area contributed by atoms with Crippen molar-refractivity contribution in [3.05, 3.63) is 206 Å². The molecule has 0 saturated heterocycles. The van der Waals surface area contributed by atoms with Gasteiger partial charge in [-0.3, -0.25) is 0 Å². The number of furan rings is 1. The van der Waals surface area contributed by atoms with Gasteiger partial charge >= 0.3 is 0 Å². The van der Waals surface area contributed by atoms with Crippen LogP contribution in [0.15, 0.2) is 199 Å². The predicted octanol–water partition coefficient (Wildman–Crippen LogP) is 15.1. The van der Waals surface area contributed by atoms with Crippen molar-refractivity contribution in [2.75, 3.05) is 0 Å². The lowest BCUT2D eigenvalue weighted by atomic mass is 10.0. The molecule has 278 valence electrons. The number of hydrogen-bond donors (Lipinski definition) is 0. The topological polar surface area (TPSA) is 32.3 Å².